The molecule has 1 saturated heterocycles. The zero-order valence-corrected chi connectivity index (χ0v) is 13.8. The maximum atomic E-state index is 9.82. The van der Waals surface area contributed by atoms with Gasteiger partial charge in [-0.05, 0) is 30.3 Å². The van der Waals surface area contributed by atoms with Crippen molar-refractivity contribution in [3.05, 3.63) is 58.6 Å². The molecular formula is C17H18BrN3O. The Morgan fingerprint density at radius 1 is 1.00 bits per heavy atom. The number of halogens is 1. The van der Waals surface area contributed by atoms with Crippen molar-refractivity contribution in [3.8, 4) is 5.75 Å². The average molecular weight is 360 g/mol. The number of nitrogens with zero attached hydrogens (tertiary/aromatic N) is 3. The predicted molar refractivity (Wildman–Crippen MR) is 93.6 cm³/mol. The molecule has 1 heterocycles. The van der Waals surface area contributed by atoms with Crippen LogP contribution in [0.1, 0.15) is 5.56 Å². The first-order chi connectivity index (χ1) is 10.7. The molecule has 4 nitrogen and oxygen atoms in total. The number of phenols is 1. The topological polar surface area (TPSA) is 39.1 Å². The van der Waals surface area contributed by atoms with Gasteiger partial charge in [0.1, 0.15) is 5.75 Å². The summed E-state index contributed by atoms with van der Waals surface area (Å²) in [4.78, 5) is 2.36. The van der Waals surface area contributed by atoms with E-state index < -0.39 is 0 Å². The summed E-state index contributed by atoms with van der Waals surface area (Å²) < 4.78 is 0.931. The summed E-state index contributed by atoms with van der Waals surface area (Å²) in [5.74, 6) is 0.245. The highest BCUT2D eigenvalue weighted by Gasteiger charge is 2.15. The summed E-state index contributed by atoms with van der Waals surface area (Å²) >= 11 is 3.40. The number of anilines is 1. The molecule has 1 N–H and O–H groups in total. The molecule has 0 unspecified atom stereocenters. The number of para-hydroxylation sites is 1. The van der Waals surface area contributed by atoms with E-state index in [0.29, 0.717) is 0 Å². The van der Waals surface area contributed by atoms with E-state index in [1.165, 1.54) is 5.69 Å². The average Bonchev–Trinajstić information content (AvgIpc) is 2.57. The molecule has 0 bridgehead atoms. The molecule has 0 saturated carbocycles. The molecule has 2 aromatic carbocycles. The second kappa shape index (κ2) is 6.83. The summed E-state index contributed by atoms with van der Waals surface area (Å²) in [6.07, 6.45) is 1.72. The van der Waals surface area contributed by atoms with Crippen LogP contribution in [0.15, 0.2) is 58.1 Å². The lowest BCUT2D eigenvalue weighted by molar-refractivity contribution is 0.272. The smallest absolute Gasteiger partial charge is 0.124 e. The highest BCUT2D eigenvalue weighted by molar-refractivity contribution is 9.10. The Morgan fingerprint density at radius 3 is 2.45 bits per heavy atom. The number of piperazine rings is 1. The first kappa shape index (κ1) is 14.9. The van der Waals surface area contributed by atoms with Crippen molar-refractivity contribution in [3.63, 3.8) is 0 Å². The van der Waals surface area contributed by atoms with Crippen LogP contribution in [-0.2, 0) is 0 Å². The number of phenolic OH excluding ortho intramolecular Hbond substituents is 1. The van der Waals surface area contributed by atoms with Crippen LogP contribution >= 0.6 is 15.9 Å². The molecule has 2 aromatic rings. The minimum Gasteiger partial charge on any atom is -0.507 e. The maximum absolute atomic E-state index is 9.82. The highest BCUT2D eigenvalue weighted by Crippen LogP contribution is 2.20. The normalized spacial score (nSPS) is 15.5. The summed E-state index contributed by atoms with van der Waals surface area (Å²) in [6.45, 7) is 3.65. The zero-order valence-electron chi connectivity index (χ0n) is 12.2. The number of benzene rings is 2. The van der Waals surface area contributed by atoms with Crippen molar-refractivity contribution >= 4 is 27.8 Å². The van der Waals surface area contributed by atoms with E-state index in [4.69, 9.17) is 0 Å². The van der Waals surface area contributed by atoms with E-state index >= 15 is 0 Å². The van der Waals surface area contributed by atoms with Crippen LogP contribution in [0, 0.1) is 0 Å². The first-order valence-corrected chi connectivity index (χ1v) is 8.09. The van der Waals surface area contributed by atoms with Crippen molar-refractivity contribution in [2.45, 2.75) is 0 Å². The Labute approximate surface area is 138 Å². The van der Waals surface area contributed by atoms with Gasteiger partial charge >= 0.3 is 0 Å². The van der Waals surface area contributed by atoms with E-state index in [9.17, 15) is 5.11 Å². The van der Waals surface area contributed by atoms with Gasteiger partial charge in [-0.15, -0.1) is 0 Å². The van der Waals surface area contributed by atoms with Gasteiger partial charge in [-0.25, -0.2) is 0 Å². The van der Waals surface area contributed by atoms with Crippen LogP contribution in [-0.4, -0.2) is 42.5 Å². The van der Waals surface area contributed by atoms with Crippen LogP contribution in [0.4, 0.5) is 5.69 Å². The van der Waals surface area contributed by atoms with Gasteiger partial charge in [-0.1, -0.05) is 34.1 Å². The van der Waals surface area contributed by atoms with Crippen LogP contribution < -0.4 is 4.90 Å². The van der Waals surface area contributed by atoms with Crippen molar-refractivity contribution in [2.75, 3.05) is 31.1 Å². The molecule has 5 heteroatoms. The molecule has 1 fully saturated rings. The van der Waals surface area contributed by atoms with Crippen LogP contribution in [0.5, 0.6) is 5.75 Å². The molecule has 0 atom stereocenters. The molecule has 114 valence electrons. The van der Waals surface area contributed by atoms with Crippen LogP contribution in [0.25, 0.3) is 0 Å². The monoisotopic (exact) mass is 359 g/mol. The van der Waals surface area contributed by atoms with E-state index in [0.717, 1.165) is 36.2 Å². The number of rotatable bonds is 3. The minimum absolute atomic E-state index is 0.245. The van der Waals surface area contributed by atoms with Gasteiger partial charge in [-0.3, -0.25) is 5.01 Å². The zero-order chi connectivity index (χ0) is 15.4. The van der Waals surface area contributed by atoms with E-state index in [2.05, 4.69) is 50.2 Å². The summed E-state index contributed by atoms with van der Waals surface area (Å²) in [7, 11) is 0. The predicted octanol–water partition coefficient (Wildman–Crippen LogP) is 3.31. The first-order valence-electron chi connectivity index (χ1n) is 7.30. The van der Waals surface area contributed by atoms with Gasteiger partial charge < -0.3 is 10.0 Å². The second-order valence-corrected chi connectivity index (χ2v) is 6.14. The fourth-order valence-electron chi connectivity index (χ4n) is 2.48. The minimum atomic E-state index is 0.245. The lowest BCUT2D eigenvalue weighted by Gasteiger charge is -2.34. The largest absolute Gasteiger partial charge is 0.507 e. The highest BCUT2D eigenvalue weighted by atomic mass is 79.9. The van der Waals surface area contributed by atoms with Gasteiger partial charge in [0, 0.05) is 28.8 Å². The molecule has 1 aliphatic heterocycles. The standard InChI is InChI=1S/C17H18BrN3O/c18-15-6-7-17(22)14(12-15)13-19-21-10-8-20(9-11-21)16-4-2-1-3-5-16/h1-7,12-13,22H,8-11H2. The van der Waals surface area contributed by atoms with Crippen molar-refractivity contribution in [1.29, 1.82) is 0 Å². The molecule has 0 radical (unpaired) electrons. The lowest BCUT2D eigenvalue weighted by atomic mass is 10.2. The molecule has 0 spiro atoms. The molecule has 0 amide bonds. The van der Waals surface area contributed by atoms with Gasteiger partial charge in [0.25, 0.3) is 0 Å². The summed E-state index contributed by atoms with van der Waals surface area (Å²) in [6, 6.07) is 15.8. The summed E-state index contributed by atoms with van der Waals surface area (Å²) in [5, 5.41) is 16.3. The second-order valence-electron chi connectivity index (χ2n) is 5.22. The van der Waals surface area contributed by atoms with E-state index in [1.807, 2.05) is 23.2 Å². The Kier molecular flexibility index (Phi) is 4.63. The molecular weight excluding hydrogens is 342 g/mol. The fraction of sp³-hybridized carbons (Fsp3) is 0.235. The number of hydrazone groups is 1. The number of hydrogen-bond acceptors (Lipinski definition) is 4. The quantitative estimate of drug-likeness (QED) is 0.854. The number of aromatic hydroxyl groups is 1. The molecule has 1 aliphatic rings. The van der Waals surface area contributed by atoms with E-state index in [-0.39, 0.29) is 5.75 Å². The fourth-order valence-corrected chi connectivity index (χ4v) is 2.86. The molecule has 0 aromatic heterocycles. The Hall–Kier alpha value is -2.01. The summed E-state index contributed by atoms with van der Waals surface area (Å²) in [5.41, 5.74) is 1.98. The SMILES string of the molecule is Oc1ccc(Br)cc1C=NN1CCN(c2ccccc2)CC1. The molecule has 0 aliphatic carbocycles. The number of hydrogen-bond donors (Lipinski definition) is 1. The van der Waals surface area contributed by atoms with Gasteiger partial charge in [-0.2, -0.15) is 5.10 Å². The van der Waals surface area contributed by atoms with E-state index in [1.54, 1.807) is 12.3 Å². The van der Waals surface area contributed by atoms with Crippen molar-refractivity contribution in [1.82, 2.24) is 5.01 Å². The van der Waals surface area contributed by atoms with Crippen molar-refractivity contribution < 1.29 is 5.11 Å². The lowest BCUT2D eigenvalue weighted by Crippen LogP contribution is -2.44. The third-order valence-corrected chi connectivity index (χ3v) is 4.22. The third kappa shape index (κ3) is 3.60. The van der Waals surface area contributed by atoms with Gasteiger partial charge in [0.05, 0.1) is 19.3 Å². The Balaban J connectivity index is 1.60. The van der Waals surface area contributed by atoms with Crippen LogP contribution in [0.2, 0.25) is 0 Å². The maximum Gasteiger partial charge on any atom is 0.124 e. The van der Waals surface area contributed by atoms with Gasteiger partial charge in [0.2, 0.25) is 0 Å². The van der Waals surface area contributed by atoms with Crippen molar-refractivity contribution in [2.24, 2.45) is 5.10 Å². The van der Waals surface area contributed by atoms with Crippen LogP contribution in [0.3, 0.4) is 0 Å². The molecule has 3 rings (SSSR count). The van der Waals surface area contributed by atoms with Gasteiger partial charge in [0.15, 0.2) is 0 Å². The third-order valence-electron chi connectivity index (χ3n) is 3.73. The Bertz CT molecular complexity index is 652. The Morgan fingerprint density at radius 2 is 1.73 bits per heavy atom. The molecule has 22 heavy (non-hydrogen) atoms.